The molecule has 0 atom stereocenters. The monoisotopic (exact) mass is 841 g/mol. The van der Waals surface area contributed by atoms with Crippen LogP contribution >= 0.6 is 0 Å². The topological polar surface area (TPSA) is 157 Å². The number of hydrogen-bond donors (Lipinski definition) is 1. The maximum absolute atomic E-state index is 11.3. The molecule has 1 N–H and O–H groups in total. The third kappa shape index (κ3) is 50.8. The third-order valence-corrected chi connectivity index (χ3v) is 7.81. The molecule has 0 heterocycles. The minimum Gasteiger partial charge on any atom is -0.462 e. The van der Waals surface area contributed by atoms with Gasteiger partial charge in [-0.2, -0.15) is 0 Å². The van der Waals surface area contributed by atoms with Crippen LogP contribution in [0.2, 0.25) is 0 Å². The van der Waals surface area contributed by atoms with Gasteiger partial charge in [-0.3, -0.25) is 0 Å². The first-order chi connectivity index (χ1) is 28.7. The molecule has 0 bridgehead atoms. The summed E-state index contributed by atoms with van der Waals surface area (Å²) in [4.78, 5) is 11.3. The minimum atomic E-state index is -0.356. The Morgan fingerprint density at radius 3 is 0.621 bits per heavy atom. The molecule has 0 aliphatic rings. The van der Waals surface area contributed by atoms with Crippen LogP contribution < -0.4 is 0 Å². The van der Waals surface area contributed by atoms with Gasteiger partial charge in [0.25, 0.3) is 0 Å². The fourth-order valence-electron chi connectivity index (χ4n) is 4.73. The van der Waals surface area contributed by atoms with Crippen LogP contribution in [0.1, 0.15) is 90.4 Å². The van der Waals surface area contributed by atoms with Gasteiger partial charge in [-0.05, 0) is 84.0 Å². The summed E-state index contributed by atoms with van der Waals surface area (Å²) in [6.45, 7) is 22.1. The van der Waals surface area contributed by atoms with Gasteiger partial charge in [0.15, 0.2) is 0 Å². The maximum atomic E-state index is 11.3. The number of ether oxygens (including phenoxy) is 13. The molecule has 0 rings (SSSR count). The van der Waals surface area contributed by atoms with Crippen molar-refractivity contribution < 1.29 is 71.5 Å². The van der Waals surface area contributed by atoms with Crippen LogP contribution in [0.25, 0.3) is 0 Å². The summed E-state index contributed by atoms with van der Waals surface area (Å²) in [6.07, 6.45) is 11.0. The maximum Gasteiger partial charge on any atom is 0.333 e. The van der Waals surface area contributed by atoms with Crippen molar-refractivity contribution in [2.24, 2.45) is 0 Å². The lowest BCUT2D eigenvalue weighted by atomic mass is 10.4. The number of carbonyl (C=O) groups excluding carboxylic acids is 1. The van der Waals surface area contributed by atoms with Crippen molar-refractivity contribution in [2.75, 3.05) is 172 Å². The average molecular weight is 841 g/mol. The van der Waals surface area contributed by atoms with Gasteiger partial charge in [0, 0.05) is 177 Å². The SMILES string of the molecule is C=C(C)C(=O)OCCCOCCCOCCCOCCCOCCCOCCCOCCCOCCCOCCCOCCCOCCCOCCCOCCCO. The van der Waals surface area contributed by atoms with E-state index in [-0.39, 0.29) is 12.6 Å². The van der Waals surface area contributed by atoms with Gasteiger partial charge in [0.1, 0.15) is 0 Å². The second-order valence-electron chi connectivity index (χ2n) is 13.6. The quantitative estimate of drug-likeness (QED) is 0.0474. The Balaban J connectivity index is 3.07. The van der Waals surface area contributed by atoms with E-state index in [1.807, 2.05) is 0 Å². The second kappa shape index (κ2) is 51.8. The van der Waals surface area contributed by atoms with E-state index in [1.165, 1.54) is 0 Å². The molecule has 0 aromatic rings. The predicted molar refractivity (Wildman–Crippen MR) is 223 cm³/mol. The molecular weight excluding hydrogens is 756 g/mol. The van der Waals surface area contributed by atoms with Gasteiger partial charge in [-0.15, -0.1) is 0 Å². The van der Waals surface area contributed by atoms with Gasteiger partial charge in [0.05, 0.1) is 6.61 Å². The highest BCUT2D eigenvalue weighted by atomic mass is 16.5. The highest BCUT2D eigenvalue weighted by molar-refractivity contribution is 5.86. The van der Waals surface area contributed by atoms with E-state index in [4.69, 9.17) is 66.7 Å². The fourth-order valence-corrected chi connectivity index (χ4v) is 4.73. The number of esters is 1. The van der Waals surface area contributed by atoms with E-state index in [0.717, 1.165) is 70.6 Å². The summed E-state index contributed by atoms with van der Waals surface area (Å²) < 4.78 is 72.2. The molecule has 0 saturated carbocycles. The van der Waals surface area contributed by atoms with Crippen LogP contribution in [0, 0.1) is 0 Å². The van der Waals surface area contributed by atoms with E-state index in [2.05, 4.69) is 6.58 Å². The van der Waals surface area contributed by atoms with Crippen LogP contribution in [-0.4, -0.2) is 183 Å². The predicted octanol–water partition coefficient (Wildman–Crippen LogP) is 5.37. The van der Waals surface area contributed by atoms with Crippen LogP contribution in [-0.2, 0) is 66.4 Å². The zero-order valence-electron chi connectivity index (χ0n) is 36.4. The van der Waals surface area contributed by atoms with Crippen molar-refractivity contribution in [1.82, 2.24) is 0 Å². The van der Waals surface area contributed by atoms with Crippen LogP contribution in [0.3, 0.4) is 0 Å². The largest absolute Gasteiger partial charge is 0.462 e. The van der Waals surface area contributed by atoms with Crippen molar-refractivity contribution in [3.63, 3.8) is 0 Å². The third-order valence-electron chi connectivity index (χ3n) is 7.81. The average Bonchev–Trinajstić information content (AvgIpc) is 3.22. The summed E-state index contributed by atoms with van der Waals surface area (Å²) in [5.41, 5.74) is 0.410. The molecule has 0 aromatic carbocycles. The Morgan fingerprint density at radius 2 is 0.466 bits per heavy atom. The summed E-state index contributed by atoms with van der Waals surface area (Å²) in [6, 6.07) is 0. The molecule has 0 spiro atoms. The number of hydrogen-bond acceptors (Lipinski definition) is 15. The lowest BCUT2D eigenvalue weighted by Gasteiger charge is -2.08. The standard InChI is InChI=1S/C43H84O15/c1-42(2)43(45)58-41-15-40-57-39-14-38-56-37-13-36-55-35-12-34-54-33-11-32-53-31-10-30-52-29-9-28-51-27-8-26-50-25-7-24-49-23-6-22-48-21-5-20-47-19-4-18-46-17-3-16-44/h44H,1,3-41H2,2H3. The molecule has 0 saturated heterocycles. The van der Waals surface area contributed by atoms with Crippen molar-refractivity contribution in [3.05, 3.63) is 12.2 Å². The first kappa shape index (κ1) is 56.7. The second-order valence-corrected chi connectivity index (χ2v) is 13.6. The first-order valence-corrected chi connectivity index (χ1v) is 22.0. The number of aliphatic hydroxyl groups excluding tert-OH is 1. The first-order valence-electron chi connectivity index (χ1n) is 22.0. The highest BCUT2D eigenvalue weighted by Crippen LogP contribution is 1.98. The van der Waals surface area contributed by atoms with Gasteiger partial charge < -0.3 is 66.7 Å². The molecule has 0 aliphatic heterocycles. The van der Waals surface area contributed by atoms with E-state index in [1.54, 1.807) is 6.92 Å². The summed E-state index contributed by atoms with van der Waals surface area (Å²) >= 11 is 0. The van der Waals surface area contributed by atoms with Crippen LogP contribution in [0.5, 0.6) is 0 Å². The van der Waals surface area contributed by atoms with Crippen molar-refractivity contribution in [2.45, 2.75) is 90.4 Å². The molecule has 0 aromatic heterocycles. The molecule has 15 heteroatoms. The summed E-state index contributed by atoms with van der Waals surface area (Å²) in [5, 5.41) is 8.68. The molecule has 0 unspecified atom stereocenters. The van der Waals surface area contributed by atoms with Gasteiger partial charge >= 0.3 is 5.97 Å². The number of carbonyl (C=O) groups is 1. The summed E-state index contributed by atoms with van der Waals surface area (Å²) in [7, 11) is 0. The lowest BCUT2D eigenvalue weighted by molar-refractivity contribution is -0.139. The minimum absolute atomic E-state index is 0.176. The van der Waals surface area contributed by atoms with Gasteiger partial charge in [0.2, 0.25) is 0 Å². The van der Waals surface area contributed by atoms with E-state index in [0.29, 0.717) is 184 Å². The highest BCUT2D eigenvalue weighted by Gasteiger charge is 2.02. The van der Waals surface area contributed by atoms with Gasteiger partial charge in [-0.1, -0.05) is 6.58 Å². The Kier molecular flexibility index (Phi) is 50.7. The van der Waals surface area contributed by atoms with Crippen molar-refractivity contribution in [3.8, 4) is 0 Å². The van der Waals surface area contributed by atoms with Crippen LogP contribution in [0.15, 0.2) is 12.2 Å². The lowest BCUT2D eigenvalue weighted by Crippen LogP contribution is -2.09. The van der Waals surface area contributed by atoms with E-state index >= 15 is 0 Å². The normalized spacial score (nSPS) is 11.5. The molecule has 0 aliphatic carbocycles. The van der Waals surface area contributed by atoms with E-state index < -0.39 is 0 Å². The summed E-state index contributed by atoms with van der Waals surface area (Å²) in [5.74, 6) is -0.356. The molecule has 58 heavy (non-hydrogen) atoms. The van der Waals surface area contributed by atoms with Crippen LogP contribution in [0.4, 0.5) is 0 Å². The number of aliphatic hydroxyl groups is 1. The number of rotatable bonds is 52. The Labute approximate surface area is 351 Å². The zero-order chi connectivity index (χ0) is 41.9. The Morgan fingerprint density at radius 1 is 0.310 bits per heavy atom. The van der Waals surface area contributed by atoms with E-state index in [9.17, 15) is 4.79 Å². The smallest absolute Gasteiger partial charge is 0.333 e. The van der Waals surface area contributed by atoms with Gasteiger partial charge in [-0.25, -0.2) is 4.79 Å². The van der Waals surface area contributed by atoms with Crippen molar-refractivity contribution in [1.29, 1.82) is 0 Å². The molecule has 346 valence electrons. The molecular formula is C43H84O15. The molecule has 0 amide bonds. The molecule has 0 radical (unpaired) electrons. The molecule has 15 nitrogen and oxygen atoms in total. The molecule has 0 fully saturated rings. The Hall–Kier alpha value is -1.31. The zero-order valence-corrected chi connectivity index (χ0v) is 36.4. The fraction of sp³-hybridized carbons (Fsp3) is 0.930. The Bertz CT molecular complexity index is 808. The van der Waals surface area contributed by atoms with Crippen molar-refractivity contribution >= 4 is 5.97 Å².